The zero-order chi connectivity index (χ0) is 5.56. The highest BCUT2D eigenvalue weighted by Gasteiger charge is 2.31. The molecule has 8 heavy (non-hydrogen) atoms. The Morgan fingerprint density at radius 2 is 2.12 bits per heavy atom. The number of hydrogen-bond acceptors (Lipinski definition) is 0. The Hall–Kier alpha value is -0.0431. The van der Waals surface area contributed by atoms with E-state index in [1.165, 1.54) is 23.1 Å². The van der Waals surface area contributed by atoms with E-state index in [2.05, 4.69) is 12.2 Å². The molecule has 0 aromatic heterocycles. The summed E-state index contributed by atoms with van der Waals surface area (Å²) >= 11 is 0. The van der Waals surface area contributed by atoms with Crippen LogP contribution in [0.5, 0.6) is 0 Å². The fraction of sp³-hybridized carbons (Fsp3) is 0.714. The van der Waals surface area contributed by atoms with Gasteiger partial charge in [0.1, 0.15) is 0 Å². The lowest BCUT2D eigenvalue weighted by molar-refractivity contribution is 0.691. The maximum absolute atomic E-state index is 2.44. The van der Waals surface area contributed by atoms with Crippen molar-refractivity contribution in [1.82, 2.24) is 0 Å². The molecule has 3 atom stereocenters. The molecule has 2 aliphatic carbocycles. The van der Waals surface area contributed by atoms with Gasteiger partial charge in [0, 0.05) is 10.2 Å². The molecule has 0 N–H and O–H groups in total. The minimum Gasteiger partial charge on any atom is -0.0852 e. The van der Waals surface area contributed by atoms with Crippen LogP contribution < -0.4 is 0 Å². The van der Waals surface area contributed by atoms with E-state index in [9.17, 15) is 0 Å². The highest BCUT2D eigenvalue weighted by molar-refractivity contribution is 6.12. The highest BCUT2D eigenvalue weighted by atomic mass is 28.1. The van der Waals surface area contributed by atoms with Crippen molar-refractivity contribution in [2.24, 2.45) is 11.8 Å². The summed E-state index contributed by atoms with van der Waals surface area (Å²) in [7, 11) is 1.42. The summed E-state index contributed by atoms with van der Waals surface area (Å²) in [6.07, 6.45) is 7.87. The minimum absolute atomic E-state index is 1.00. The van der Waals surface area contributed by atoms with Crippen LogP contribution in [0.2, 0.25) is 5.54 Å². The van der Waals surface area contributed by atoms with E-state index in [4.69, 9.17) is 0 Å². The fourth-order valence-electron chi connectivity index (χ4n) is 2.06. The number of fused-ring (bicyclic) bond motifs is 2. The van der Waals surface area contributed by atoms with E-state index < -0.39 is 0 Å². The fourth-order valence-corrected chi connectivity index (χ4v) is 3.16. The highest BCUT2D eigenvalue weighted by Crippen LogP contribution is 2.45. The van der Waals surface area contributed by atoms with E-state index in [1.54, 1.807) is 0 Å². The smallest absolute Gasteiger partial charge is 0.00750 e. The van der Waals surface area contributed by atoms with Crippen LogP contribution in [-0.4, -0.2) is 10.2 Å². The molecule has 44 valence electrons. The third kappa shape index (κ3) is 0.509. The molecule has 0 aliphatic heterocycles. The van der Waals surface area contributed by atoms with Gasteiger partial charge in [-0.15, -0.1) is 0 Å². The van der Waals surface area contributed by atoms with Crippen molar-refractivity contribution in [3.63, 3.8) is 0 Å². The van der Waals surface area contributed by atoms with Gasteiger partial charge in [-0.1, -0.05) is 12.2 Å². The SMILES string of the molecule is [SiH3]C1CC2C=CC1C2. The van der Waals surface area contributed by atoms with Crippen molar-refractivity contribution in [3.05, 3.63) is 12.2 Å². The zero-order valence-corrected chi connectivity index (χ0v) is 7.30. The molecule has 2 rings (SSSR count). The molecule has 2 aliphatic rings. The molecule has 0 spiro atoms. The molecular formula is C7H12Si. The first kappa shape index (κ1) is 4.80. The predicted molar refractivity (Wildman–Crippen MR) is 39.0 cm³/mol. The van der Waals surface area contributed by atoms with Crippen LogP contribution in [0, 0.1) is 11.8 Å². The third-order valence-electron chi connectivity index (χ3n) is 2.61. The number of allylic oxidation sites excluding steroid dienone is 2. The zero-order valence-electron chi connectivity index (χ0n) is 5.30. The van der Waals surface area contributed by atoms with Crippen molar-refractivity contribution in [2.75, 3.05) is 0 Å². The second-order valence-corrected chi connectivity index (χ2v) is 4.74. The topological polar surface area (TPSA) is 0 Å². The molecule has 0 aromatic carbocycles. The molecule has 1 heteroatoms. The lowest BCUT2D eigenvalue weighted by Gasteiger charge is -2.09. The summed E-state index contributed by atoms with van der Waals surface area (Å²) in [5, 5.41) is 0. The van der Waals surface area contributed by atoms with Crippen molar-refractivity contribution in [2.45, 2.75) is 18.4 Å². The molecule has 0 amide bonds. The Morgan fingerprint density at radius 1 is 1.25 bits per heavy atom. The third-order valence-corrected chi connectivity index (χ3v) is 3.94. The maximum atomic E-state index is 2.44. The van der Waals surface area contributed by atoms with Crippen LogP contribution in [0.3, 0.4) is 0 Å². The van der Waals surface area contributed by atoms with E-state index in [0.29, 0.717) is 0 Å². The maximum Gasteiger partial charge on any atom is 0.00750 e. The van der Waals surface area contributed by atoms with Crippen LogP contribution >= 0.6 is 0 Å². The van der Waals surface area contributed by atoms with Crippen LogP contribution in [0.4, 0.5) is 0 Å². The molecule has 1 saturated carbocycles. The first-order valence-electron chi connectivity index (χ1n) is 3.54. The largest absolute Gasteiger partial charge is 0.0852 e. The van der Waals surface area contributed by atoms with E-state index in [0.717, 1.165) is 17.4 Å². The normalized spacial score (nSPS) is 51.2. The summed E-state index contributed by atoms with van der Waals surface area (Å²) in [5.74, 6) is 2.02. The van der Waals surface area contributed by atoms with Gasteiger partial charge < -0.3 is 0 Å². The van der Waals surface area contributed by atoms with Gasteiger partial charge in [-0.25, -0.2) is 0 Å². The lowest BCUT2D eigenvalue weighted by atomic mass is 10.1. The average Bonchev–Trinajstić information content (AvgIpc) is 2.23. The number of rotatable bonds is 0. The molecule has 0 radical (unpaired) electrons. The minimum atomic E-state index is 1.00. The Balaban J connectivity index is 2.23. The van der Waals surface area contributed by atoms with Crippen molar-refractivity contribution < 1.29 is 0 Å². The molecule has 1 fully saturated rings. The molecule has 3 unspecified atom stereocenters. The van der Waals surface area contributed by atoms with Crippen LogP contribution in [-0.2, 0) is 0 Å². The predicted octanol–water partition coefficient (Wildman–Crippen LogP) is 0.736. The first-order chi connectivity index (χ1) is 3.86. The second-order valence-electron chi connectivity index (χ2n) is 3.26. The summed E-state index contributed by atoms with van der Waals surface area (Å²) in [5.41, 5.74) is 1.13. The van der Waals surface area contributed by atoms with Crippen LogP contribution in [0.1, 0.15) is 12.8 Å². The van der Waals surface area contributed by atoms with Crippen LogP contribution in [0.15, 0.2) is 12.2 Å². The van der Waals surface area contributed by atoms with Gasteiger partial charge in [0.2, 0.25) is 0 Å². The Morgan fingerprint density at radius 3 is 2.38 bits per heavy atom. The summed E-state index contributed by atoms with van der Waals surface area (Å²) in [6.45, 7) is 0. The first-order valence-corrected chi connectivity index (χ1v) is 4.70. The summed E-state index contributed by atoms with van der Waals surface area (Å²) < 4.78 is 0. The van der Waals surface area contributed by atoms with Gasteiger partial charge in [0.25, 0.3) is 0 Å². The Kier molecular flexibility index (Phi) is 0.882. The second kappa shape index (κ2) is 1.47. The standard InChI is InChI=1S/C7H12Si/c8-7-4-5-1-2-6(7)3-5/h1-2,5-7H,3-4H2,8H3. The molecule has 0 heterocycles. The van der Waals surface area contributed by atoms with Gasteiger partial charge in [0.15, 0.2) is 0 Å². The van der Waals surface area contributed by atoms with Gasteiger partial charge in [0.05, 0.1) is 0 Å². The monoisotopic (exact) mass is 124 g/mol. The lowest BCUT2D eigenvalue weighted by Crippen LogP contribution is -1.97. The summed E-state index contributed by atoms with van der Waals surface area (Å²) in [6, 6.07) is 0. The Labute approximate surface area is 53.4 Å². The number of hydrogen-bond donors (Lipinski definition) is 0. The molecule has 0 saturated heterocycles. The van der Waals surface area contributed by atoms with Gasteiger partial charge >= 0.3 is 0 Å². The van der Waals surface area contributed by atoms with Gasteiger partial charge in [-0.05, 0) is 30.2 Å². The van der Waals surface area contributed by atoms with E-state index >= 15 is 0 Å². The van der Waals surface area contributed by atoms with Crippen molar-refractivity contribution in [3.8, 4) is 0 Å². The quantitative estimate of drug-likeness (QED) is 0.330. The van der Waals surface area contributed by atoms with Crippen molar-refractivity contribution in [1.29, 1.82) is 0 Å². The Bertz CT molecular complexity index is 128. The molecule has 2 bridgehead atoms. The molecule has 0 aromatic rings. The average molecular weight is 124 g/mol. The molecular weight excluding hydrogens is 112 g/mol. The van der Waals surface area contributed by atoms with Crippen molar-refractivity contribution >= 4 is 10.2 Å². The molecule has 0 nitrogen and oxygen atoms in total. The van der Waals surface area contributed by atoms with E-state index in [1.807, 2.05) is 0 Å². The van der Waals surface area contributed by atoms with Crippen LogP contribution in [0.25, 0.3) is 0 Å². The summed E-state index contributed by atoms with van der Waals surface area (Å²) in [4.78, 5) is 0. The van der Waals surface area contributed by atoms with Gasteiger partial charge in [-0.3, -0.25) is 0 Å². The van der Waals surface area contributed by atoms with E-state index in [-0.39, 0.29) is 0 Å². The van der Waals surface area contributed by atoms with Gasteiger partial charge in [-0.2, -0.15) is 0 Å².